The highest BCUT2D eigenvalue weighted by molar-refractivity contribution is 7.89. The predicted molar refractivity (Wildman–Crippen MR) is 98.9 cm³/mol. The Balaban J connectivity index is 1.52. The summed E-state index contributed by atoms with van der Waals surface area (Å²) < 4.78 is 88.5. The minimum Gasteiger partial charge on any atom is -0.488 e. The van der Waals surface area contributed by atoms with Crippen molar-refractivity contribution in [2.75, 3.05) is 13.1 Å². The Morgan fingerprint density at radius 3 is 2.61 bits per heavy atom. The standard InChI is InChI=1S/C19H15F4N3O4S/c20-12-4-3-5-14(10-12)31(27,28)26-9-8-13(11-26)29-16-7-2-1-6-15(16)17-24-18(30-25-17)19(21,22)23/h1-7,10,13H,8-9,11H2. The molecule has 0 bridgehead atoms. The number of nitrogens with zero attached hydrogens (tertiary/aromatic N) is 3. The highest BCUT2D eigenvalue weighted by Gasteiger charge is 2.39. The number of hydrogen-bond acceptors (Lipinski definition) is 6. The first-order chi connectivity index (χ1) is 14.6. The summed E-state index contributed by atoms with van der Waals surface area (Å²) in [7, 11) is -3.91. The molecule has 0 amide bonds. The Morgan fingerprint density at radius 1 is 1.13 bits per heavy atom. The van der Waals surface area contributed by atoms with Crippen molar-refractivity contribution in [3.8, 4) is 17.1 Å². The Hall–Kier alpha value is -2.99. The molecule has 164 valence electrons. The van der Waals surface area contributed by atoms with Crippen LogP contribution < -0.4 is 4.74 Å². The molecule has 0 N–H and O–H groups in total. The molecule has 1 unspecified atom stereocenters. The van der Waals surface area contributed by atoms with E-state index in [0.29, 0.717) is 6.42 Å². The number of ether oxygens (including phenoxy) is 1. The van der Waals surface area contributed by atoms with E-state index in [1.165, 1.54) is 28.6 Å². The molecule has 4 rings (SSSR count). The summed E-state index contributed by atoms with van der Waals surface area (Å²) in [6, 6.07) is 10.9. The van der Waals surface area contributed by atoms with Gasteiger partial charge in [0.05, 0.1) is 17.0 Å². The first kappa shape index (κ1) is 21.2. The van der Waals surface area contributed by atoms with Gasteiger partial charge in [-0.25, -0.2) is 12.8 Å². The second kappa shape index (κ2) is 7.93. The molecule has 0 radical (unpaired) electrons. The summed E-state index contributed by atoms with van der Waals surface area (Å²) in [5.41, 5.74) is 0.174. The molecule has 0 spiro atoms. The number of alkyl halides is 3. The van der Waals surface area contributed by atoms with Crippen LogP contribution in [0.2, 0.25) is 0 Å². The van der Waals surface area contributed by atoms with E-state index < -0.39 is 34.0 Å². The molecule has 1 aliphatic rings. The van der Waals surface area contributed by atoms with Crippen LogP contribution in [0.5, 0.6) is 5.75 Å². The molecule has 1 aromatic heterocycles. The Bertz CT molecular complexity index is 1200. The zero-order valence-corrected chi connectivity index (χ0v) is 16.5. The first-order valence-electron chi connectivity index (χ1n) is 9.07. The van der Waals surface area contributed by atoms with E-state index in [1.807, 2.05) is 0 Å². The van der Waals surface area contributed by atoms with Crippen LogP contribution >= 0.6 is 0 Å². The van der Waals surface area contributed by atoms with Crippen LogP contribution in [-0.2, 0) is 16.2 Å². The van der Waals surface area contributed by atoms with Gasteiger partial charge in [0, 0.05) is 6.54 Å². The third-order valence-electron chi connectivity index (χ3n) is 4.63. The smallest absolute Gasteiger partial charge is 0.471 e. The van der Waals surface area contributed by atoms with Gasteiger partial charge in [-0.05, 0) is 36.8 Å². The Kier molecular flexibility index (Phi) is 5.43. The maximum atomic E-state index is 13.4. The molecule has 12 heteroatoms. The van der Waals surface area contributed by atoms with Crippen LogP contribution in [0.15, 0.2) is 57.9 Å². The number of para-hydroxylation sites is 1. The van der Waals surface area contributed by atoms with Crippen LogP contribution in [0.25, 0.3) is 11.4 Å². The molecule has 7 nitrogen and oxygen atoms in total. The zero-order chi connectivity index (χ0) is 22.2. The fraction of sp³-hybridized carbons (Fsp3) is 0.263. The summed E-state index contributed by atoms with van der Waals surface area (Å²) in [6.45, 7) is 0.138. The highest BCUT2D eigenvalue weighted by Crippen LogP contribution is 2.34. The molecule has 2 heterocycles. The number of halogens is 4. The van der Waals surface area contributed by atoms with Crippen LogP contribution in [0.4, 0.5) is 17.6 Å². The van der Waals surface area contributed by atoms with E-state index in [1.54, 1.807) is 12.1 Å². The Morgan fingerprint density at radius 2 is 1.90 bits per heavy atom. The van der Waals surface area contributed by atoms with Crippen molar-refractivity contribution < 1.29 is 35.2 Å². The quantitative estimate of drug-likeness (QED) is 0.543. The molecule has 1 aliphatic heterocycles. The van der Waals surface area contributed by atoms with Gasteiger partial charge in [0.25, 0.3) is 0 Å². The lowest BCUT2D eigenvalue weighted by atomic mass is 10.2. The van der Waals surface area contributed by atoms with Crippen LogP contribution in [0.3, 0.4) is 0 Å². The van der Waals surface area contributed by atoms with Gasteiger partial charge in [-0.15, -0.1) is 0 Å². The average molecular weight is 457 g/mol. The van der Waals surface area contributed by atoms with Crippen molar-refractivity contribution in [2.45, 2.75) is 23.6 Å². The fourth-order valence-corrected chi connectivity index (χ4v) is 4.69. The monoisotopic (exact) mass is 457 g/mol. The van der Waals surface area contributed by atoms with Crippen LogP contribution in [-0.4, -0.2) is 42.1 Å². The zero-order valence-electron chi connectivity index (χ0n) is 15.7. The lowest BCUT2D eigenvalue weighted by molar-refractivity contribution is -0.159. The van der Waals surface area contributed by atoms with E-state index in [0.717, 1.165) is 12.1 Å². The van der Waals surface area contributed by atoms with E-state index >= 15 is 0 Å². The van der Waals surface area contributed by atoms with E-state index in [9.17, 15) is 26.0 Å². The minimum absolute atomic E-state index is 0.00672. The van der Waals surface area contributed by atoms with Gasteiger partial charge < -0.3 is 9.26 Å². The van der Waals surface area contributed by atoms with E-state index in [-0.39, 0.29) is 35.1 Å². The van der Waals surface area contributed by atoms with E-state index in [2.05, 4.69) is 14.7 Å². The molecular weight excluding hydrogens is 442 g/mol. The number of benzene rings is 2. The lowest BCUT2D eigenvalue weighted by Gasteiger charge is -2.18. The maximum absolute atomic E-state index is 13.4. The van der Waals surface area contributed by atoms with Crippen molar-refractivity contribution in [2.24, 2.45) is 0 Å². The predicted octanol–water partition coefficient (Wildman–Crippen LogP) is 3.74. The lowest BCUT2D eigenvalue weighted by Crippen LogP contribution is -2.31. The maximum Gasteiger partial charge on any atom is 0.471 e. The molecular formula is C19H15F4N3O4S. The summed E-state index contributed by atoms with van der Waals surface area (Å²) in [5, 5.41) is 3.36. The van der Waals surface area contributed by atoms with Crippen molar-refractivity contribution in [3.05, 3.63) is 60.2 Å². The van der Waals surface area contributed by atoms with Gasteiger partial charge in [-0.3, -0.25) is 0 Å². The summed E-state index contributed by atoms with van der Waals surface area (Å²) >= 11 is 0. The van der Waals surface area contributed by atoms with Gasteiger partial charge in [0.2, 0.25) is 15.8 Å². The largest absolute Gasteiger partial charge is 0.488 e. The second-order valence-corrected chi connectivity index (χ2v) is 8.70. The molecule has 1 saturated heterocycles. The van der Waals surface area contributed by atoms with Gasteiger partial charge in [0.1, 0.15) is 17.7 Å². The summed E-state index contributed by atoms with van der Waals surface area (Å²) in [5.74, 6) is -2.26. The molecule has 2 aromatic carbocycles. The molecule has 31 heavy (non-hydrogen) atoms. The van der Waals surface area contributed by atoms with Gasteiger partial charge in [-0.2, -0.15) is 22.5 Å². The third kappa shape index (κ3) is 4.39. The van der Waals surface area contributed by atoms with Crippen LogP contribution in [0, 0.1) is 5.82 Å². The van der Waals surface area contributed by atoms with Crippen molar-refractivity contribution >= 4 is 10.0 Å². The van der Waals surface area contributed by atoms with Gasteiger partial charge >= 0.3 is 12.1 Å². The first-order valence-corrected chi connectivity index (χ1v) is 10.5. The van der Waals surface area contributed by atoms with Crippen molar-refractivity contribution in [1.82, 2.24) is 14.4 Å². The number of hydrogen-bond donors (Lipinski definition) is 0. The highest BCUT2D eigenvalue weighted by atomic mass is 32.2. The van der Waals surface area contributed by atoms with Crippen LogP contribution in [0.1, 0.15) is 12.3 Å². The van der Waals surface area contributed by atoms with Gasteiger partial charge in [0.15, 0.2) is 0 Å². The topological polar surface area (TPSA) is 85.5 Å². The molecule has 0 aliphatic carbocycles. The second-order valence-electron chi connectivity index (χ2n) is 6.77. The number of sulfonamides is 1. The summed E-state index contributed by atoms with van der Waals surface area (Å²) in [4.78, 5) is 3.20. The Labute approximate surface area is 174 Å². The van der Waals surface area contributed by atoms with E-state index in [4.69, 9.17) is 4.74 Å². The fourth-order valence-electron chi connectivity index (χ4n) is 3.17. The molecule has 3 aromatic rings. The number of rotatable bonds is 5. The molecule has 1 atom stereocenters. The SMILES string of the molecule is O=S(=O)(c1cccc(F)c1)N1CCC(Oc2ccccc2-c2noc(C(F)(F)F)n2)C1. The normalized spacial score (nSPS) is 17.7. The minimum atomic E-state index is -4.78. The van der Waals surface area contributed by atoms with Crippen molar-refractivity contribution in [3.63, 3.8) is 0 Å². The summed E-state index contributed by atoms with van der Waals surface area (Å²) in [6.07, 6.45) is -5.01. The van der Waals surface area contributed by atoms with Crippen molar-refractivity contribution in [1.29, 1.82) is 0 Å². The molecule has 1 fully saturated rings. The molecule has 0 saturated carbocycles. The van der Waals surface area contributed by atoms with Gasteiger partial charge in [-0.1, -0.05) is 23.4 Å². The third-order valence-corrected chi connectivity index (χ3v) is 6.49. The number of aromatic nitrogens is 2. The average Bonchev–Trinajstić information content (AvgIpc) is 3.38.